The Kier molecular flexibility index (Phi) is 6.11. The zero-order valence-electron chi connectivity index (χ0n) is 12.9. The smallest absolute Gasteiger partial charge is 0.308 e. The largest absolute Gasteiger partial charge is 0.481 e. The maximum Gasteiger partial charge on any atom is 0.308 e. The van der Waals surface area contributed by atoms with Gasteiger partial charge >= 0.3 is 5.97 Å². The first kappa shape index (κ1) is 18.2. The molecule has 1 atom stereocenters. The van der Waals surface area contributed by atoms with Gasteiger partial charge in [-0.2, -0.15) is 0 Å². The number of carboxylic acid groups (broad SMARTS) is 1. The fourth-order valence-electron chi connectivity index (χ4n) is 2.07. The predicted octanol–water partition coefficient (Wildman–Crippen LogP) is 1.66. The minimum absolute atomic E-state index is 0.00308. The SMILES string of the molecule is CCCS(=O)(=O)c1ccccc1C(=O)N(C)CC(C)C(=O)O. The van der Waals surface area contributed by atoms with Crippen molar-refractivity contribution in [3.8, 4) is 0 Å². The van der Waals surface area contributed by atoms with Crippen molar-refractivity contribution >= 4 is 21.7 Å². The third kappa shape index (κ3) is 4.30. The summed E-state index contributed by atoms with van der Waals surface area (Å²) >= 11 is 0. The van der Waals surface area contributed by atoms with Gasteiger partial charge < -0.3 is 10.0 Å². The molecule has 1 rings (SSSR count). The Morgan fingerprint density at radius 2 is 1.86 bits per heavy atom. The van der Waals surface area contributed by atoms with Gasteiger partial charge in [-0.1, -0.05) is 26.0 Å². The third-order valence-corrected chi connectivity index (χ3v) is 5.21. The number of hydrogen-bond donors (Lipinski definition) is 1. The van der Waals surface area contributed by atoms with Crippen molar-refractivity contribution in [1.29, 1.82) is 0 Å². The number of sulfone groups is 1. The van der Waals surface area contributed by atoms with Gasteiger partial charge in [-0.3, -0.25) is 9.59 Å². The summed E-state index contributed by atoms with van der Waals surface area (Å²) in [6.07, 6.45) is 0.455. The molecule has 7 heteroatoms. The Morgan fingerprint density at radius 1 is 1.27 bits per heavy atom. The van der Waals surface area contributed by atoms with E-state index in [2.05, 4.69) is 0 Å². The van der Waals surface area contributed by atoms with E-state index in [-0.39, 0.29) is 22.8 Å². The molecule has 1 unspecified atom stereocenters. The molecule has 0 heterocycles. The molecular weight excluding hydrogens is 306 g/mol. The Hall–Kier alpha value is -1.89. The highest BCUT2D eigenvalue weighted by Crippen LogP contribution is 2.19. The summed E-state index contributed by atoms with van der Waals surface area (Å²) < 4.78 is 24.5. The number of benzene rings is 1. The van der Waals surface area contributed by atoms with E-state index in [0.717, 1.165) is 0 Å². The van der Waals surface area contributed by atoms with Crippen molar-refractivity contribution in [2.45, 2.75) is 25.2 Å². The van der Waals surface area contributed by atoms with E-state index in [1.807, 2.05) is 0 Å². The van der Waals surface area contributed by atoms with Crippen LogP contribution >= 0.6 is 0 Å². The molecule has 0 bridgehead atoms. The van der Waals surface area contributed by atoms with Gasteiger partial charge in [0.15, 0.2) is 9.84 Å². The van der Waals surface area contributed by atoms with Crippen molar-refractivity contribution in [1.82, 2.24) is 4.90 Å². The summed E-state index contributed by atoms with van der Waals surface area (Å²) in [7, 11) is -2.06. The molecule has 0 aliphatic heterocycles. The molecule has 22 heavy (non-hydrogen) atoms. The topological polar surface area (TPSA) is 91.8 Å². The molecule has 1 N–H and O–H groups in total. The Bertz CT molecular complexity index is 654. The molecule has 122 valence electrons. The van der Waals surface area contributed by atoms with Crippen LogP contribution in [-0.2, 0) is 14.6 Å². The van der Waals surface area contributed by atoms with Crippen LogP contribution in [-0.4, -0.2) is 49.6 Å². The molecular formula is C15H21NO5S. The second kappa shape index (κ2) is 7.40. The van der Waals surface area contributed by atoms with Gasteiger partial charge in [0.25, 0.3) is 5.91 Å². The number of carbonyl (C=O) groups is 2. The summed E-state index contributed by atoms with van der Waals surface area (Å²) in [4.78, 5) is 24.5. The molecule has 0 aromatic heterocycles. The fraction of sp³-hybridized carbons (Fsp3) is 0.467. The molecule has 0 aliphatic rings. The van der Waals surface area contributed by atoms with Crippen LogP contribution in [0.25, 0.3) is 0 Å². The van der Waals surface area contributed by atoms with Crippen LogP contribution in [0, 0.1) is 5.92 Å². The van der Waals surface area contributed by atoms with Gasteiger partial charge in [0.05, 0.1) is 22.1 Å². The maximum absolute atomic E-state index is 12.4. The Labute approximate surface area is 130 Å². The first-order chi connectivity index (χ1) is 10.2. The highest BCUT2D eigenvalue weighted by molar-refractivity contribution is 7.91. The molecule has 0 saturated heterocycles. The van der Waals surface area contributed by atoms with Crippen molar-refractivity contribution in [3.05, 3.63) is 29.8 Å². The van der Waals surface area contributed by atoms with Gasteiger partial charge in [-0.15, -0.1) is 0 Å². The third-order valence-electron chi connectivity index (χ3n) is 3.24. The lowest BCUT2D eigenvalue weighted by Crippen LogP contribution is -2.34. The average molecular weight is 327 g/mol. The Morgan fingerprint density at radius 3 is 2.41 bits per heavy atom. The zero-order valence-corrected chi connectivity index (χ0v) is 13.8. The highest BCUT2D eigenvalue weighted by Gasteiger charge is 2.25. The first-order valence-electron chi connectivity index (χ1n) is 7.00. The zero-order chi connectivity index (χ0) is 16.9. The van der Waals surface area contributed by atoms with Gasteiger partial charge in [-0.05, 0) is 18.6 Å². The fourth-order valence-corrected chi connectivity index (χ4v) is 3.60. The molecule has 1 aromatic carbocycles. The van der Waals surface area contributed by atoms with E-state index in [1.54, 1.807) is 19.1 Å². The summed E-state index contributed by atoms with van der Waals surface area (Å²) in [5.41, 5.74) is 0.0797. The number of hydrogen-bond acceptors (Lipinski definition) is 4. The summed E-state index contributed by atoms with van der Waals surface area (Å²) in [5, 5.41) is 8.90. The van der Waals surface area contributed by atoms with Crippen molar-refractivity contribution in [2.75, 3.05) is 19.3 Å². The highest BCUT2D eigenvalue weighted by atomic mass is 32.2. The molecule has 0 fully saturated rings. The Balaban J connectivity index is 3.12. The van der Waals surface area contributed by atoms with Crippen LogP contribution < -0.4 is 0 Å². The quantitative estimate of drug-likeness (QED) is 0.822. The predicted molar refractivity (Wildman–Crippen MR) is 82.5 cm³/mol. The first-order valence-corrected chi connectivity index (χ1v) is 8.66. The number of carbonyl (C=O) groups excluding carboxylic acids is 1. The lowest BCUT2D eigenvalue weighted by molar-refractivity contribution is -0.141. The van der Waals surface area contributed by atoms with Gasteiger partial charge in [0.2, 0.25) is 0 Å². The minimum Gasteiger partial charge on any atom is -0.481 e. The lowest BCUT2D eigenvalue weighted by atomic mass is 10.1. The van der Waals surface area contributed by atoms with E-state index in [1.165, 1.54) is 31.0 Å². The van der Waals surface area contributed by atoms with Gasteiger partial charge in [-0.25, -0.2) is 8.42 Å². The maximum atomic E-state index is 12.4. The normalized spacial score (nSPS) is 12.7. The summed E-state index contributed by atoms with van der Waals surface area (Å²) in [6, 6.07) is 6.02. The van der Waals surface area contributed by atoms with E-state index in [4.69, 9.17) is 5.11 Å². The molecule has 1 aromatic rings. The van der Waals surface area contributed by atoms with Crippen LogP contribution in [0.2, 0.25) is 0 Å². The molecule has 0 radical (unpaired) electrons. The number of amides is 1. The number of carboxylic acids is 1. The van der Waals surface area contributed by atoms with Crippen LogP contribution in [0.5, 0.6) is 0 Å². The number of rotatable bonds is 7. The standard InChI is InChI=1S/C15H21NO5S/c1-4-9-22(20,21)13-8-6-5-7-12(13)14(17)16(3)10-11(2)15(18)19/h5-8,11H,4,9-10H2,1-3H3,(H,18,19). The number of aliphatic carboxylic acids is 1. The monoisotopic (exact) mass is 327 g/mol. The van der Waals surface area contributed by atoms with Crippen molar-refractivity contribution in [3.63, 3.8) is 0 Å². The molecule has 0 spiro atoms. The van der Waals surface area contributed by atoms with Crippen LogP contribution in [0.3, 0.4) is 0 Å². The minimum atomic E-state index is -3.53. The lowest BCUT2D eigenvalue weighted by Gasteiger charge is -2.21. The van der Waals surface area contributed by atoms with E-state index in [9.17, 15) is 18.0 Å². The molecule has 6 nitrogen and oxygen atoms in total. The van der Waals surface area contributed by atoms with E-state index in [0.29, 0.717) is 6.42 Å². The molecule has 0 saturated carbocycles. The van der Waals surface area contributed by atoms with E-state index < -0.39 is 27.6 Å². The summed E-state index contributed by atoms with van der Waals surface area (Å²) in [5.74, 6) is -2.27. The average Bonchev–Trinajstić information content (AvgIpc) is 2.46. The van der Waals surface area contributed by atoms with Crippen LogP contribution in [0.4, 0.5) is 0 Å². The van der Waals surface area contributed by atoms with Gasteiger partial charge in [0.1, 0.15) is 0 Å². The van der Waals surface area contributed by atoms with Crippen LogP contribution in [0.1, 0.15) is 30.6 Å². The second-order valence-electron chi connectivity index (χ2n) is 5.24. The number of nitrogens with zero attached hydrogens (tertiary/aromatic N) is 1. The van der Waals surface area contributed by atoms with Crippen molar-refractivity contribution in [2.24, 2.45) is 5.92 Å². The van der Waals surface area contributed by atoms with Crippen LogP contribution in [0.15, 0.2) is 29.2 Å². The van der Waals surface area contributed by atoms with Crippen molar-refractivity contribution < 1.29 is 23.1 Å². The summed E-state index contributed by atoms with van der Waals surface area (Å²) in [6.45, 7) is 3.25. The van der Waals surface area contributed by atoms with Gasteiger partial charge in [0, 0.05) is 13.6 Å². The second-order valence-corrected chi connectivity index (χ2v) is 7.32. The molecule has 1 amide bonds. The van der Waals surface area contributed by atoms with E-state index >= 15 is 0 Å². The molecule has 0 aliphatic carbocycles.